The summed E-state index contributed by atoms with van der Waals surface area (Å²) in [6.07, 6.45) is 5.17. The molecule has 0 aliphatic carbocycles. The molecule has 3 saturated heterocycles. The smallest absolute Gasteiger partial charge is 0.0395 e. The summed E-state index contributed by atoms with van der Waals surface area (Å²) in [6, 6.07) is 13.2. The normalized spacial score (nSPS) is 30.3. The summed E-state index contributed by atoms with van der Waals surface area (Å²) in [5, 5.41) is 0. The molecule has 4 atom stereocenters. The topological polar surface area (TPSA) is 16.2 Å². The van der Waals surface area contributed by atoms with E-state index >= 15 is 0 Å². The van der Waals surface area contributed by atoms with Crippen LogP contribution < -0.4 is 0 Å². The zero-order valence-corrected chi connectivity index (χ0v) is 23.2. The van der Waals surface area contributed by atoms with Crippen molar-refractivity contribution in [2.24, 2.45) is 5.92 Å². The molecule has 5 nitrogen and oxygen atoms in total. The molecule has 0 radical (unpaired) electrons. The van der Waals surface area contributed by atoms with Gasteiger partial charge in [-0.2, -0.15) is 0 Å². The lowest BCUT2D eigenvalue weighted by atomic mass is 9.89. The monoisotopic (exact) mass is 483 g/mol. The number of benzene rings is 1. The summed E-state index contributed by atoms with van der Waals surface area (Å²) in [5.41, 5.74) is 1.48. The minimum absolute atomic E-state index is 0.604. The number of hydrogen-bond acceptors (Lipinski definition) is 5. The second-order valence-electron chi connectivity index (χ2n) is 11.4. The van der Waals surface area contributed by atoms with Gasteiger partial charge in [0.2, 0.25) is 0 Å². The standard InChI is InChI=1S/C30H53N5/c1-5-15-32-18-14-27(22-32)28-24-35(21-26-12-10-9-11-13-26)30(25-34(28)17-7-3)29-23-31(8-4)19-20-33(29)16-6-2/h9-13,27-30H,5-8,14-25H2,1-4H3. The molecule has 1 aromatic rings. The van der Waals surface area contributed by atoms with Crippen LogP contribution in [-0.4, -0.2) is 115 Å². The molecule has 198 valence electrons. The maximum absolute atomic E-state index is 2.93. The van der Waals surface area contributed by atoms with Crippen LogP contribution in [0.5, 0.6) is 0 Å². The van der Waals surface area contributed by atoms with Gasteiger partial charge in [-0.05, 0) is 69.9 Å². The summed E-state index contributed by atoms with van der Waals surface area (Å²) in [7, 11) is 0. The Labute approximate surface area is 216 Å². The number of piperazine rings is 2. The van der Waals surface area contributed by atoms with Crippen LogP contribution in [0.3, 0.4) is 0 Å². The average molecular weight is 484 g/mol. The van der Waals surface area contributed by atoms with E-state index in [1.165, 1.54) is 103 Å². The molecule has 4 unspecified atom stereocenters. The van der Waals surface area contributed by atoms with Gasteiger partial charge in [-0.25, -0.2) is 0 Å². The molecular formula is C30H53N5. The molecule has 0 spiro atoms. The van der Waals surface area contributed by atoms with Crippen LogP contribution in [0, 0.1) is 5.92 Å². The Morgan fingerprint density at radius 3 is 2.03 bits per heavy atom. The van der Waals surface area contributed by atoms with E-state index in [0.717, 1.165) is 12.5 Å². The Morgan fingerprint density at radius 1 is 0.629 bits per heavy atom. The third-order valence-corrected chi connectivity index (χ3v) is 8.93. The van der Waals surface area contributed by atoms with E-state index in [1.54, 1.807) is 0 Å². The van der Waals surface area contributed by atoms with Crippen molar-refractivity contribution < 1.29 is 0 Å². The first-order valence-corrected chi connectivity index (χ1v) is 14.9. The molecule has 3 aliphatic heterocycles. The molecule has 3 fully saturated rings. The van der Waals surface area contributed by atoms with Crippen molar-refractivity contribution in [3.63, 3.8) is 0 Å². The van der Waals surface area contributed by atoms with Gasteiger partial charge in [0.15, 0.2) is 0 Å². The zero-order valence-electron chi connectivity index (χ0n) is 23.2. The van der Waals surface area contributed by atoms with Gasteiger partial charge in [0.25, 0.3) is 0 Å². The first-order chi connectivity index (χ1) is 17.2. The summed E-state index contributed by atoms with van der Waals surface area (Å²) in [4.78, 5) is 14.1. The second-order valence-corrected chi connectivity index (χ2v) is 11.4. The molecule has 1 aromatic carbocycles. The predicted molar refractivity (Wildman–Crippen MR) is 149 cm³/mol. The summed E-state index contributed by atoms with van der Waals surface area (Å²) in [6.45, 7) is 24.2. The van der Waals surface area contributed by atoms with Crippen LogP contribution in [0.2, 0.25) is 0 Å². The Kier molecular flexibility index (Phi) is 10.5. The molecule has 4 rings (SSSR count). The molecule has 3 aliphatic rings. The molecule has 0 amide bonds. The number of nitrogens with zero attached hydrogens (tertiary/aromatic N) is 5. The molecule has 3 heterocycles. The van der Waals surface area contributed by atoms with Crippen LogP contribution in [0.4, 0.5) is 0 Å². The number of likely N-dealkylation sites (tertiary alicyclic amines) is 1. The Bertz CT molecular complexity index is 727. The van der Waals surface area contributed by atoms with Crippen molar-refractivity contribution in [2.45, 2.75) is 78.0 Å². The molecule has 0 aromatic heterocycles. The van der Waals surface area contributed by atoms with Crippen molar-refractivity contribution in [3.8, 4) is 0 Å². The average Bonchev–Trinajstić information content (AvgIpc) is 3.34. The van der Waals surface area contributed by atoms with Gasteiger partial charge in [0.1, 0.15) is 0 Å². The SMILES string of the molecule is CCCN1CCC(C2CN(Cc3ccccc3)C(C3CN(CC)CCN3CCC)CN2CCC)C1. The summed E-state index contributed by atoms with van der Waals surface area (Å²) >= 11 is 0. The molecule has 0 saturated carbocycles. The zero-order chi connectivity index (χ0) is 24.6. The van der Waals surface area contributed by atoms with E-state index in [4.69, 9.17) is 0 Å². The Balaban J connectivity index is 1.59. The summed E-state index contributed by atoms with van der Waals surface area (Å²) < 4.78 is 0. The van der Waals surface area contributed by atoms with Gasteiger partial charge in [-0.3, -0.25) is 14.7 Å². The lowest BCUT2D eigenvalue weighted by molar-refractivity contribution is -0.0545. The highest BCUT2D eigenvalue weighted by Gasteiger charge is 2.44. The van der Waals surface area contributed by atoms with Crippen LogP contribution in [0.15, 0.2) is 30.3 Å². The van der Waals surface area contributed by atoms with Crippen LogP contribution >= 0.6 is 0 Å². The molecule has 0 bridgehead atoms. The van der Waals surface area contributed by atoms with E-state index in [2.05, 4.69) is 82.5 Å². The molecule has 0 N–H and O–H groups in total. The molecule has 5 heteroatoms. The maximum atomic E-state index is 2.93. The van der Waals surface area contributed by atoms with Gasteiger partial charge < -0.3 is 9.80 Å². The largest absolute Gasteiger partial charge is 0.303 e. The van der Waals surface area contributed by atoms with Crippen LogP contribution in [-0.2, 0) is 6.54 Å². The highest BCUT2D eigenvalue weighted by Crippen LogP contribution is 2.32. The Hall–Kier alpha value is -0.980. The van der Waals surface area contributed by atoms with Gasteiger partial charge >= 0.3 is 0 Å². The Morgan fingerprint density at radius 2 is 1.31 bits per heavy atom. The highest BCUT2D eigenvalue weighted by atomic mass is 15.4. The van der Waals surface area contributed by atoms with Crippen LogP contribution in [0.25, 0.3) is 0 Å². The predicted octanol–water partition coefficient (Wildman–Crippen LogP) is 4.10. The summed E-state index contributed by atoms with van der Waals surface area (Å²) in [5.74, 6) is 0.817. The maximum Gasteiger partial charge on any atom is 0.0395 e. The van der Waals surface area contributed by atoms with E-state index in [0.29, 0.717) is 18.1 Å². The number of likely N-dealkylation sites (N-methyl/N-ethyl adjacent to an activating group) is 1. The minimum atomic E-state index is 0.604. The van der Waals surface area contributed by atoms with E-state index in [9.17, 15) is 0 Å². The third kappa shape index (κ3) is 6.87. The molecule has 35 heavy (non-hydrogen) atoms. The number of hydrogen-bond donors (Lipinski definition) is 0. The quantitative estimate of drug-likeness (QED) is 0.470. The van der Waals surface area contributed by atoms with Gasteiger partial charge in [-0.15, -0.1) is 0 Å². The van der Waals surface area contributed by atoms with Crippen molar-refractivity contribution in [3.05, 3.63) is 35.9 Å². The fourth-order valence-electron chi connectivity index (χ4n) is 7.16. The lowest BCUT2D eigenvalue weighted by Crippen LogP contribution is -2.69. The van der Waals surface area contributed by atoms with Crippen molar-refractivity contribution in [2.75, 3.05) is 72.0 Å². The van der Waals surface area contributed by atoms with E-state index in [-0.39, 0.29) is 0 Å². The van der Waals surface area contributed by atoms with Crippen molar-refractivity contribution in [1.29, 1.82) is 0 Å². The van der Waals surface area contributed by atoms with E-state index < -0.39 is 0 Å². The number of rotatable bonds is 11. The van der Waals surface area contributed by atoms with Gasteiger partial charge in [-0.1, -0.05) is 58.0 Å². The highest BCUT2D eigenvalue weighted by molar-refractivity contribution is 5.15. The molecular weight excluding hydrogens is 430 g/mol. The van der Waals surface area contributed by atoms with Gasteiger partial charge in [0, 0.05) is 63.9 Å². The van der Waals surface area contributed by atoms with Crippen molar-refractivity contribution in [1.82, 2.24) is 24.5 Å². The fourth-order valence-corrected chi connectivity index (χ4v) is 7.16. The van der Waals surface area contributed by atoms with Crippen LogP contribution in [0.1, 0.15) is 58.9 Å². The minimum Gasteiger partial charge on any atom is -0.303 e. The van der Waals surface area contributed by atoms with Crippen molar-refractivity contribution >= 4 is 0 Å². The third-order valence-electron chi connectivity index (χ3n) is 8.93. The van der Waals surface area contributed by atoms with E-state index in [1.807, 2.05) is 0 Å². The first-order valence-electron chi connectivity index (χ1n) is 14.9. The van der Waals surface area contributed by atoms with Gasteiger partial charge in [0.05, 0.1) is 0 Å². The lowest BCUT2D eigenvalue weighted by Gasteiger charge is -2.54. The fraction of sp³-hybridized carbons (Fsp3) is 0.800. The second kappa shape index (κ2) is 13.5. The first kappa shape index (κ1) is 27.1.